The molecule has 4 heteroatoms. The zero-order valence-corrected chi connectivity index (χ0v) is 13.4. The van der Waals surface area contributed by atoms with E-state index in [9.17, 15) is 4.79 Å². The number of hydrogen-bond donors (Lipinski definition) is 0. The molecule has 2 heterocycles. The van der Waals surface area contributed by atoms with Crippen LogP contribution in [0.2, 0.25) is 0 Å². The first-order valence-corrected chi connectivity index (χ1v) is 8.60. The molecule has 0 N–H and O–H groups in total. The van der Waals surface area contributed by atoms with E-state index in [-0.39, 0.29) is 11.8 Å². The number of nitrogens with zero attached hydrogens (tertiary/aromatic N) is 2. The predicted octanol–water partition coefficient (Wildman–Crippen LogP) is 4.15. The number of rotatable bonds is 1. The van der Waals surface area contributed by atoms with Gasteiger partial charge in [0, 0.05) is 27.7 Å². The van der Waals surface area contributed by atoms with E-state index < -0.39 is 0 Å². The number of hydrazone groups is 1. The Hall–Kier alpha value is -1.94. The molecule has 1 aliphatic heterocycles. The highest BCUT2D eigenvalue weighted by Crippen LogP contribution is 2.36. The molecule has 2 aromatic rings. The van der Waals surface area contributed by atoms with Crippen molar-refractivity contribution in [3.8, 4) is 0 Å². The molecule has 0 bridgehead atoms. The number of amides is 1. The van der Waals surface area contributed by atoms with E-state index in [1.165, 1.54) is 15.3 Å². The normalized spacial score (nSPS) is 21.0. The number of carbonyl (C=O) groups excluding carboxylic acids is 1. The molecule has 0 spiro atoms. The van der Waals surface area contributed by atoms with E-state index in [1.807, 2.05) is 41.7 Å². The lowest BCUT2D eigenvalue weighted by molar-refractivity contribution is -0.119. The van der Waals surface area contributed by atoms with Gasteiger partial charge in [0.2, 0.25) is 5.91 Å². The molecule has 0 saturated heterocycles. The zero-order valence-electron chi connectivity index (χ0n) is 12.6. The molecule has 2 aliphatic rings. The van der Waals surface area contributed by atoms with Crippen LogP contribution in [-0.4, -0.2) is 11.6 Å². The van der Waals surface area contributed by atoms with Crippen molar-refractivity contribution in [2.45, 2.75) is 32.6 Å². The van der Waals surface area contributed by atoms with E-state index in [1.54, 1.807) is 5.01 Å². The minimum Gasteiger partial charge on any atom is -0.273 e. The first kappa shape index (κ1) is 13.7. The van der Waals surface area contributed by atoms with Gasteiger partial charge in [0.05, 0.1) is 11.4 Å². The maximum absolute atomic E-state index is 12.5. The topological polar surface area (TPSA) is 32.7 Å². The second-order valence-electron chi connectivity index (χ2n) is 6.01. The molecule has 1 amide bonds. The summed E-state index contributed by atoms with van der Waals surface area (Å²) < 4.78 is 0. The number of aryl methyl sites for hydroxylation is 2. The van der Waals surface area contributed by atoms with E-state index in [4.69, 9.17) is 5.10 Å². The Morgan fingerprint density at radius 2 is 2.09 bits per heavy atom. The number of para-hydroxylation sites is 1. The molecule has 0 radical (unpaired) electrons. The lowest BCUT2D eigenvalue weighted by Crippen LogP contribution is -2.37. The molecule has 1 atom stereocenters. The molecule has 0 fully saturated rings. The highest BCUT2D eigenvalue weighted by Gasteiger charge is 2.33. The second kappa shape index (κ2) is 5.36. The van der Waals surface area contributed by atoms with E-state index in [2.05, 4.69) is 13.0 Å². The van der Waals surface area contributed by atoms with Gasteiger partial charge in [-0.2, -0.15) is 5.10 Å². The Kier molecular flexibility index (Phi) is 3.34. The van der Waals surface area contributed by atoms with Gasteiger partial charge >= 0.3 is 0 Å². The fourth-order valence-corrected chi connectivity index (χ4v) is 4.48. The van der Waals surface area contributed by atoms with Crippen molar-refractivity contribution in [1.29, 1.82) is 0 Å². The molecule has 1 aromatic carbocycles. The lowest BCUT2D eigenvalue weighted by Gasteiger charge is -2.28. The van der Waals surface area contributed by atoms with E-state index in [0.717, 1.165) is 30.7 Å². The summed E-state index contributed by atoms with van der Waals surface area (Å²) in [6.45, 7) is 2.15. The summed E-state index contributed by atoms with van der Waals surface area (Å²) in [5, 5.41) is 6.37. The van der Waals surface area contributed by atoms with Crippen molar-refractivity contribution in [3.63, 3.8) is 0 Å². The number of benzene rings is 1. The lowest BCUT2D eigenvalue weighted by atomic mass is 9.91. The fourth-order valence-electron chi connectivity index (χ4n) is 3.40. The SMILES string of the molecule is Cc1cc2c(s1)CCCC1CC(=O)N(c3ccccc3)N=C21. The molecule has 4 rings (SSSR count). The second-order valence-corrected chi connectivity index (χ2v) is 7.35. The summed E-state index contributed by atoms with van der Waals surface area (Å²) in [4.78, 5) is 15.3. The monoisotopic (exact) mass is 310 g/mol. The highest BCUT2D eigenvalue weighted by atomic mass is 32.1. The maximum atomic E-state index is 12.5. The number of thiophene rings is 1. The average Bonchev–Trinajstić information content (AvgIpc) is 2.81. The van der Waals surface area contributed by atoms with Crippen LogP contribution in [0.1, 0.15) is 34.6 Å². The van der Waals surface area contributed by atoms with Crippen LogP contribution in [0.4, 0.5) is 5.69 Å². The van der Waals surface area contributed by atoms with Gasteiger partial charge in [-0.15, -0.1) is 11.3 Å². The van der Waals surface area contributed by atoms with Gasteiger partial charge in [0.1, 0.15) is 0 Å². The van der Waals surface area contributed by atoms with Crippen LogP contribution in [0.15, 0.2) is 41.5 Å². The minimum absolute atomic E-state index is 0.107. The number of anilines is 1. The Morgan fingerprint density at radius 1 is 1.27 bits per heavy atom. The van der Waals surface area contributed by atoms with Gasteiger partial charge in [0.15, 0.2) is 0 Å². The van der Waals surface area contributed by atoms with Gasteiger partial charge in [-0.1, -0.05) is 18.2 Å². The van der Waals surface area contributed by atoms with Crippen molar-refractivity contribution >= 4 is 28.6 Å². The van der Waals surface area contributed by atoms with Crippen LogP contribution in [0, 0.1) is 12.8 Å². The number of carbonyl (C=O) groups is 1. The minimum atomic E-state index is 0.107. The van der Waals surface area contributed by atoms with Crippen LogP contribution in [-0.2, 0) is 11.2 Å². The fraction of sp³-hybridized carbons (Fsp3) is 0.333. The Bertz CT molecular complexity index is 748. The third-order valence-electron chi connectivity index (χ3n) is 4.42. The largest absolute Gasteiger partial charge is 0.273 e. The van der Waals surface area contributed by atoms with Gasteiger partial charge in [-0.25, -0.2) is 5.01 Å². The maximum Gasteiger partial charge on any atom is 0.248 e. The van der Waals surface area contributed by atoms with Crippen LogP contribution in [0.25, 0.3) is 0 Å². The summed E-state index contributed by atoms with van der Waals surface area (Å²) in [5.41, 5.74) is 3.25. The first-order valence-electron chi connectivity index (χ1n) is 7.78. The number of fused-ring (bicyclic) bond motifs is 3. The van der Waals surface area contributed by atoms with Crippen molar-refractivity contribution in [2.24, 2.45) is 11.0 Å². The molecule has 1 aliphatic carbocycles. The van der Waals surface area contributed by atoms with Crippen molar-refractivity contribution in [3.05, 3.63) is 51.7 Å². The molecule has 1 unspecified atom stereocenters. The smallest absolute Gasteiger partial charge is 0.248 e. The van der Waals surface area contributed by atoms with Crippen LogP contribution >= 0.6 is 11.3 Å². The Labute approximate surface area is 134 Å². The molecule has 1 aromatic heterocycles. The predicted molar refractivity (Wildman–Crippen MR) is 90.6 cm³/mol. The molecule has 112 valence electrons. The number of hydrogen-bond acceptors (Lipinski definition) is 3. The van der Waals surface area contributed by atoms with E-state index >= 15 is 0 Å². The van der Waals surface area contributed by atoms with Gasteiger partial charge < -0.3 is 0 Å². The van der Waals surface area contributed by atoms with Gasteiger partial charge in [0.25, 0.3) is 0 Å². The van der Waals surface area contributed by atoms with Crippen LogP contribution in [0.5, 0.6) is 0 Å². The summed E-state index contributed by atoms with van der Waals surface area (Å²) in [6.07, 6.45) is 3.90. The third kappa shape index (κ3) is 2.28. The highest BCUT2D eigenvalue weighted by molar-refractivity contribution is 7.12. The zero-order chi connectivity index (χ0) is 15.1. The summed E-state index contributed by atoms with van der Waals surface area (Å²) in [7, 11) is 0. The molecular weight excluding hydrogens is 292 g/mol. The quantitative estimate of drug-likeness (QED) is 0.779. The average molecular weight is 310 g/mol. The molecule has 0 saturated carbocycles. The standard InChI is InChI=1S/C18H18N2OS/c1-12-10-15-16(22-12)9-5-6-13-11-17(21)20(19-18(13)15)14-7-3-2-4-8-14/h2-4,7-8,10,13H,5-6,9,11H2,1H3. The third-order valence-corrected chi connectivity index (χ3v) is 5.53. The summed E-state index contributed by atoms with van der Waals surface area (Å²) in [6, 6.07) is 12.0. The van der Waals surface area contributed by atoms with Crippen molar-refractivity contribution in [1.82, 2.24) is 0 Å². The molecule has 22 heavy (non-hydrogen) atoms. The van der Waals surface area contributed by atoms with Crippen molar-refractivity contribution < 1.29 is 4.79 Å². The molecule has 3 nitrogen and oxygen atoms in total. The first-order chi connectivity index (χ1) is 10.7. The van der Waals surface area contributed by atoms with Crippen LogP contribution < -0.4 is 5.01 Å². The Balaban J connectivity index is 1.82. The molecular formula is C18H18N2OS. The van der Waals surface area contributed by atoms with Crippen molar-refractivity contribution in [2.75, 3.05) is 5.01 Å². The van der Waals surface area contributed by atoms with Gasteiger partial charge in [-0.05, 0) is 44.4 Å². The van der Waals surface area contributed by atoms with E-state index in [0.29, 0.717) is 6.42 Å². The summed E-state index contributed by atoms with van der Waals surface area (Å²) >= 11 is 1.87. The van der Waals surface area contributed by atoms with Gasteiger partial charge in [-0.3, -0.25) is 4.79 Å². The summed E-state index contributed by atoms with van der Waals surface area (Å²) in [5.74, 6) is 0.387. The Morgan fingerprint density at radius 3 is 2.91 bits per heavy atom. The van der Waals surface area contributed by atoms with Crippen LogP contribution in [0.3, 0.4) is 0 Å².